The van der Waals surface area contributed by atoms with Crippen LogP contribution in [0.3, 0.4) is 0 Å². The van der Waals surface area contributed by atoms with Gasteiger partial charge in [-0.1, -0.05) is 50.3 Å². The molecule has 1 aromatic carbocycles. The number of aryl methyl sites for hydroxylation is 1. The molecule has 19 heavy (non-hydrogen) atoms. The Morgan fingerprint density at radius 3 is 2.53 bits per heavy atom. The molecule has 2 nitrogen and oxygen atoms in total. The van der Waals surface area contributed by atoms with Crippen LogP contribution in [0.4, 0.5) is 5.69 Å². The summed E-state index contributed by atoms with van der Waals surface area (Å²) in [5.74, 6) is 0. The van der Waals surface area contributed by atoms with Crippen LogP contribution < -0.4 is 10.6 Å². The molecule has 0 amide bonds. The third-order valence-electron chi connectivity index (χ3n) is 3.26. The van der Waals surface area contributed by atoms with E-state index in [9.17, 15) is 0 Å². The highest BCUT2D eigenvalue weighted by molar-refractivity contribution is 6.31. The minimum atomic E-state index is 0.828. The molecule has 1 aromatic rings. The first-order valence-corrected chi connectivity index (χ1v) is 7.82. The highest BCUT2D eigenvalue weighted by Crippen LogP contribution is 2.19. The highest BCUT2D eigenvalue weighted by Gasteiger charge is 1.97. The summed E-state index contributed by atoms with van der Waals surface area (Å²) < 4.78 is 0. The third kappa shape index (κ3) is 7.44. The third-order valence-corrected chi connectivity index (χ3v) is 3.67. The van der Waals surface area contributed by atoms with Gasteiger partial charge in [0.25, 0.3) is 0 Å². The Hall–Kier alpha value is -0.730. The second-order valence-electron chi connectivity index (χ2n) is 5.05. The summed E-state index contributed by atoms with van der Waals surface area (Å²) in [6.45, 7) is 7.33. The second-order valence-corrected chi connectivity index (χ2v) is 5.46. The Balaban J connectivity index is 2.00. The van der Waals surface area contributed by atoms with Gasteiger partial charge in [0.1, 0.15) is 0 Å². The Bertz CT molecular complexity index is 353. The van der Waals surface area contributed by atoms with E-state index in [0.717, 1.165) is 35.9 Å². The van der Waals surface area contributed by atoms with Crippen molar-refractivity contribution in [2.75, 3.05) is 25.0 Å². The van der Waals surface area contributed by atoms with E-state index in [1.807, 2.05) is 19.1 Å². The standard InChI is InChI=1S/C16H27ClN2/c1-3-4-5-6-7-10-18-11-12-19-15-9-8-14(2)16(17)13-15/h8-9,13,18-19H,3-7,10-12H2,1-2H3. The number of benzene rings is 1. The van der Waals surface area contributed by atoms with Gasteiger partial charge < -0.3 is 10.6 Å². The van der Waals surface area contributed by atoms with Crippen molar-refractivity contribution in [3.63, 3.8) is 0 Å². The topological polar surface area (TPSA) is 24.1 Å². The molecule has 1 rings (SSSR count). The van der Waals surface area contributed by atoms with E-state index in [1.54, 1.807) is 0 Å². The van der Waals surface area contributed by atoms with E-state index in [2.05, 4.69) is 23.6 Å². The van der Waals surface area contributed by atoms with E-state index in [0.29, 0.717) is 0 Å². The van der Waals surface area contributed by atoms with Gasteiger partial charge >= 0.3 is 0 Å². The van der Waals surface area contributed by atoms with Crippen molar-refractivity contribution in [1.29, 1.82) is 0 Å². The van der Waals surface area contributed by atoms with Crippen LogP contribution in [0, 0.1) is 6.92 Å². The summed E-state index contributed by atoms with van der Waals surface area (Å²) in [6, 6.07) is 6.11. The monoisotopic (exact) mass is 282 g/mol. The van der Waals surface area contributed by atoms with E-state index in [-0.39, 0.29) is 0 Å². The molecule has 0 saturated carbocycles. The lowest BCUT2D eigenvalue weighted by atomic mass is 10.1. The van der Waals surface area contributed by atoms with Crippen LogP contribution in [-0.4, -0.2) is 19.6 Å². The Kier molecular flexibility index (Phi) is 8.68. The predicted molar refractivity (Wildman–Crippen MR) is 86.3 cm³/mol. The van der Waals surface area contributed by atoms with Crippen LogP contribution in [0.2, 0.25) is 5.02 Å². The van der Waals surface area contributed by atoms with Crippen molar-refractivity contribution in [3.8, 4) is 0 Å². The number of hydrogen-bond acceptors (Lipinski definition) is 2. The fourth-order valence-corrected chi connectivity index (χ4v) is 2.16. The molecule has 0 aliphatic carbocycles. The Morgan fingerprint density at radius 2 is 1.79 bits per heavy atom. The number of hydrogen-bond donors (Lipinski definition) is 2. The van der Waals surface area contributed by atoms with Crippen LogP contribution in [0.1, 0.15) is 44.6 Å². The summed E-state index contributed by atoms with van der Waals surface area (Å²) in [4.78, 5) is 0. The van der Waals surface area contributed by atoms with Gasteiger partial charge in [0.15, 0.2) is 0 Å². The molecule has 2 N–H and O–H groups in total. The van der Waals surface area contributed by atoms with Crippen LogP contribution >= 0.6 is 11.6 Å². The molecular weight excluding hydrogens is 256 g/mol. The van der Waals surface area contributed by atoms with Gasteiger partial charge in [0.05, 0.1) is 0 Å². The van der Waals surface area contributed by atoms with E-state index >= 15 is 0 Å². The average Bonchev–Trinajstić information content (AvgIpc) is 2.41. The first-order chi connectivity index (χ1) is 9.24. The van der Waals surface area contributed by atoms with Crippen LogP contribution in [-0.2, 0) is 0 Å². The molecule has 0 bridgehead atoms. The number of rotatable bonds is 10. The molecule has 0 saturated heterocycles. The molecular formula is C16H27ClN2. The van der Waals surface area contributed by atoms with Gasteiger partial charge in [0.2, 0.25) is 0 Å². The van der Waals surface area contributed by atoms with Crippen molar-refractivity contribution < 1.29 is 0 Å². The van der Waals surface area contributed by atoms with Gasteiger partial charge in [-0.25, -0.2) is 0 Å². The smallest absolute Gasteiger partial charge is 0.0455 e. The van der Waals surface area contributed by atoms with Crippen molar-refractivity contribution in [2.24, 2.45) is 0 Å². The molecule has 0 aliphatic heterocycles. The van der Waals surface area contributed by atoms with Crippen molar-refractivity contribution in [2.45, 2.75) is 46.0 Å². The fourth-order valence-electron chi connectivity index (χ4n) is 1.98. The SMILES string of the molecule is CCCCCCCNCCNc1ccc(C)c(Cl)c1. The second kappa shape index (κ2) is 10.1. The first-order valence-electron chi connectivity index (χ1n) is 7.44. The fraction of sp³-hybridized carbons (Fsp3) is 0.625. The van der Waals surface area contributed by atoms with Gasteiger partial charge in [-0.05, 0) is 37.6 Å². The van der Waals surface area contributed by atoms with E-state index in [1.165, 1.54) is 32.1 Å². The van der Waals surface area contributed by atoms with Gasteiger partial charge in [0, 0.05) is 23.8 Å². The molecule has 0 radical (unpaired) electrons. The van der Waals surface area contributed by atoms with Crippen LogP contribution in [0.15, 0.2) is 18.2 Å². The minimum absolute atomic E-state index is 0.828. The average molecular weight is 283 g/mol. The molecule has 0 unspecified atom stereocenters. The lowest BCUT2D eigenvalue weighted by Gasteiger charge is -2.09. The zero-order valence-electron chi connectivity index (χ0n) is 12.3. The van der Waals surface area contributed by atoms with Gasteiger partial charge in [-0.15, -0.1) is 0 Å². The maximum absolute atomic E-state index is 6.08. The quantitative estimate of drug-likeness (QED) is 0.612. The molecule has 0 aromatic heterocycles. The summed E-state index contributed by atoms with van der Waals surface area (Å²) >= 11 is 6.08. The van der Waals surface area contributed by atoms with Crippen molar-refractivity contribution in [3.05, 3.63) is 28.8 Å². The maximum atomic E-state index is 6.08. The zero-order valence-corrected chi connectivity index (χ0v) is 13.0. The van der Waals surface area contributed by atoms with Gasteiger partial charge in [-0.3, -0.25) is 0 Å². The summed E-state index contributed by atoms with van der Waals surface area (Å²) in [5, 5.41) is 7.67. The molecule has 0 atom stereocenters. The van der Waals surface area contributed by atoms with Crippen LogP contribution in [0.5, 0.6) is 0 Å². The molecule has 0 spiro atoms. The minimum Gasteiger partial charge on any atom is -0.384 e. The summed E-state index contributed by atoms with van der Waals surface area (Å²) in [6.07, 6.45) is 6.70. The first kappa shape index (κ1) is 16.3. The number of anilines is 1. The molecule has 108 valence electrons. The molecule has 0 heterocycles. The lowest BCUT2D eigenvalue weighted by Crippen LogP contribution is -2.23. The Labute approximate surface area is 122 Å². The van der Waals surface area contributed by atoms with E-state index in [4.69, 9.17) is 11.6 Å². The lowest BCUT2D eigenvalue weighted by molar-refractivity contribution is 0.589. The van der Waals surface area contributed by atoms with Gasteiger partial charge in [-0.2, -0.15) is 0 Å². The normalized spacial score (nSPS) is 10.7. The van der Waals surface area contributed by atoms with Crippen molar-refractivity contribution in [1.82, 2.24) is 5.32 Å². The number of nitrogens with one attached hydrogen (secondary N) is 2. The number of halogens is 1. The summed E-state index contributed by atoms with van der Waals surface area (Å²) in [7, 11) is 0. The predicted octanol–water partition coefficient (Wildman–Crippen LogP) is 4.62. The zero-order chi connectivity index (χ0) is 13.9. The largest absolute Gasteiger partial charge is 0.384 e. The van der Waals surface area contributed by atoms with Crippen LogP contribution in [0.25, 0.3) is 0 Å². The summed E-state index contributed by atoms with van der Waals surface area (Å²) in [5.41, 5.74) is 2.22. The van der Waals surface area contributed by atoms with Crippen molar-refractivity contribution >= 4 is 17.3 Å². The van der Waals surface area contributed by atoms with E-state index < -0.39 is 0 Å². The molecule has 3 heteroatoms. The molecule has 0 aliphatic rings. The molecule has 0 fully saturated rings. The highest BCUT2D eigenvalue weighted by atomic mass is 35.5. The number of unbranched alkanes of at least 4 members (excludes halogenated alkanes) is 4. The Morgan fingerprint density at radius 1 is 1.00 bits per heavy atom. The maximum Gasteiger partial charge on any atom is 0.0455 e.